The van der Waals surface area contributed by atoms with E-state index in [1.807, 2.05) is 6.92 Å². The molecule has 20 heavy (non-hydrogen) atoms. The van der Waals surface area contributed by atoms with Crippen LogP contribution < -0.4 is 4.31 Å². The number of phenols is 1. The SMILES string of the molecule is CCN(c1ccccc1O)S(=O)(=O)c1ccc(C)cc1. The van der Waals surface area contributed by atoms with E-state index >= 15 is 0 Å². The number of rotatable bonds is 4. The second-order valence-electron chi connectivity index (χ2n) is 4.47. The lowest BCUT2D eigenvalue weighted by atomic mass is 10.2. The molecule has 0 spiro atoms. The van der Waals surface area contributed by atoms with Gasteiger partial charge in [-0.05, 0) is 38.1 Å². The van der Waals surface area contributed by atoms with Crippen molar-refractivity contribution in [2.75, 3.05) is 10.8 Å². The first-order chi connectivity index (χ1) is 9.46. The number of para-hydroxylation sites is 2. The Balaban J connectivity index is 2.51. The molecule has 2 aromatic rings. The van der Waals surface area contributed by atoms with Gasteiger partial charge in [-0.2, -0.15) is 0 Å². The predicted molar refractivity (Wildman–Crippen MR) is 79.5 cm³/mol. The Bertz CT molecular complexity index is 693. The molecule has 0 aliphatic rings. The molecule has 4 nitrogen and oxygen atoms in total. The van der Waals surface area contributed by atoms with Crippen LogP contribution in [0.4, 0.5) is 5.69 Å². The number of benzene rings is 2. The van der Waals surface area contributed by atoms with E-state index in [1.54, 1.807) is 49.4 Å². The third-order valence-electron chi connectivity index (χ3n) is 3.05. The molecular formula is C15H17NO3S. The molecule has 0 bridgehead atoms. The smallest absolute Gasteiger partial charge is 0.264 e. The van der Waals surface area contributed by atoms with Gasteiger partial charge in [0, 0.05) is 6.54 Å². The van der Waals surface area contributed by atoms with Crippen LogP contribution in [-0.2, 0) is 10.0 Å². The van der Waals surface area contributed by atoms with E-state index in [1.165, 1.54) is 10.4 Å². The molecule has 0 aliphatic heterocycles. The first-order valence-electron chi connectivity index (χ1n) is 6.34. The average Bonchev–Trinajstić information content (AvgIpc) is 2.42. The van der Waals surface area contributed by atoms with Gasteiger partial charge in [0.15, 0.2) is 0 Å². The number of aryl methyl sites for hydroxylation is 1. The van der Waals surface area contributed by atoms with E-state index in [2.05, 4.69) is 0 Å². The molecule has 0 radical (unpaired) electrons. The predicted octanol–water partition coefficient (Wildman–Crippen LogP) is 2.92. The topological polar surface area (TPSA) is 57.6 Å². The molecule has 106 valence electrons. The van der Waals surface area contributed by atoms with Crippen molar-refractivity contribution in [3.63, 3.8) is 0 Å². The Morgan fingerprint density at radius 3 is 2.20 bits per heavy atom. The van der Waals surface area contributed by atoms with Crippen LogP contribution in [0, 0.1) is 6.92 Å². The van der Waals surface area contributed by atoms with Gasteiger partial charge >= 0.3 is 0 Å². The Morgan fingerprint density at radius 1 is 1.05 bits per heavy atom. The van der Waals surface area contributed by atoms with Crippen LogP contribution >= 0.6 is 0 Å². The Morgan fingerprint density at radius 2 is 1.65 bits per heavy atom. The average molecular weight is 291 g/mol. The molecule has 0 fully saturated rings. The Kier molecular flexibility index (Phi) is 3.99. The molecule has 0 saturated heterocycles. The molecular weight excluding hydrogens is 274 g/mol. The lowest BCUT2D eigenvalue weighted by molar-refractivity contribution is 0.475. The summed E-state index contributed by atoms with van der Waals surface area (Å²) in [4.78, 5) is 0.216. The monoisotopic (exact) mass is 291 g/mol. The third kappa shape index (κ3) is 2.63. The highest BCUT2D eigenvalue weighted by Crippen LogP contribution is 2.31. The molecule has 0 aromatic heterocycles. The lowest BCUT2D eigenvalue weighted by Crippen LogP contribution is -2.30. The van der Waals surface area contributed by atoms with Crippen LogP contribution in [0.25, 0.3) is 0 Å². The standard InChI is InChI=1S/C15H17NO3S/c1-3-16(14-6-4-5-7-15(14)17)20(18,19)13-10-8-12(2)9-11-13/h4-11,17H,3H2,1-2H3. The summed E-state index contributed by atoms with van der Waals surface area (Å²) >= 11 is 0. The van der Waals surface area contributed by atoms with Crippen LogP contribution in [0.2, 0.25) is 0 Å². The summed E-state index contributed by atoms with van der Waals surface area (Å²) in [5, 5.41) is 9.86. The fourth-order valence-corrected chi connectivity index (χ4v) is 3.47. The highest BCUT2D eigenvalue weighted by molar-refractivity contribution is 7.92. The molecule has 2 rings (SSSR count). The molecule has 0 heterocycles. The van der Waals surface area contributed by atoms with Crippen LogP contribution in [0.15, 0.2) is 53.4 Å². The van der Waals surface area contributed by atoms with E-state index in [0.29, 0.717) is 0 Å². The highest BCUT2D eigenvalue weighted by atomic mass is 32.2. The number of anilines is 1. The molecule has 0 atom stereocenters. The van der Waals surface area contributed by atoms with Crippen molar-refractivity contribution in [1.29, 1.82) is 0 Å². The summed E-state index contributed by atoms with van der Waals surface area (Å²) < 4.78 is 26.5. The van der Waals surface area contributed by atoms with Crippen molar-refractivity contribution in [2.45, 2.75) is 18.7 Å². The minimum absolute atomic E-state index is 0.0509. The summed E-state index contributed by atoms with van der Waals surface area (Å²) in [6.07, 6.45) is 0. The van der Waals surface area contributed by atoms with Gasteiger partial charge in [-0.25, -0.2) is 8.42 Å². The summed E-state index contributed by atoms with van der Waals surface area (Å²) in [7, 11) is -3.67. The zero-order valence-corrected chi connectivity index (χ0v) is 12.3. The van der Waals surface area contributed by atoms with Crippen molar-refractivity contribution in [3.8, 4) is 5.75 Å². The van der Waals surface area contributed by atoms with Crippen molar-refractivity contribution >= 4 is 15.7 Å². The maximum Gasteiger partial charge on any atom is 0.264 e. The van der Waals surface area contributed by atoms with E-state index in [9.17, 15) is 13.5 Å². The summed E-state index contributed by atoms with van der Waals surface area (Å²) in [6, 6.07) is 13.1. The normalized spacial score (nSPS) is 11.3. The molecule has 0 unspecified atom stereocenters. The van der Waals surface area contributed by atoms with E-state index in [4.69, 9.17) is 0 Å². The van der Waals surface area contributed by atoms with E-state index < -0.39 is 10.0 Å². The number of hydrogen-bond donors (Lipinski definition) is 1. The number of hydrogen-bond acceptors (Lipinski definition) is 3. The first kappa shape index (κ1) is 14.4. The largest absolute Gasteiger partial charge is 0.506 e. The Hall–Kier alpha value is -2.01. The van der Waals surface area contributed by atoms with Crippen LogP contribution in [0.1, 0.15) is 12.5 Å². The zero-order valence-electron chi connectivity index (χ0n) is 11.4. The molecule has 2 aromatic carbocycles. The fraction of sp³-hybridized carbons (Fsp3) is 0.200. The summed E-state index contributed by atoms with van der Waals surface area (Å²) in [6.45, 7) is 3.88. The number of aromatic hydroxyl groups is 1. The van der Waals surface area contributed by atoms with Crippen molar-refractivity contribution in [1.82, 2.24) is 0 Å². The van der Waals surface area contributed by atoms with E-state index in [0.717, 1.165) is 5.56 Å². The van der Waals surface area contributed by atoms with Gasteiger partial charge in [0.25, 0.3) is 10.0 Å². The first-order valence-corrected chi connectivity index (χ1v) is 7.78. The van der Waals surface area contributed by atoms with Gasteiger partial charge in [-0.3, -0.25) is 4.31 Å². The Labute approximate surface area is 119 Å². The van der Waals surface area contributed by atoms with Crippen molar-refractivity contribution in [2.24, 2.45) is 0 Å². The van der Waals surface area contributed by atoms with Gasteiger partial charge in [0.2, 0.25) is 0 Å². The maximum absolute atomic E-state index is 12.6. The highest BCUT2D eigenvalue weighted by Gasteiger charge is 2.25. The van der Waals surface area contributed by atoms with Crippen LogP contribution in [-0.4, -0.2) is 20.1 Å². The van der Waals surface area contributed by atoms with Crippen molar-refractivity contribution in [3.05, 3.63) is 54.1 Å². The molecule has 0 saturated carbocycles. The van der Waals surface area contributed by atoms with Gasteiger partial charge in [0.1, 0.15) is 5.75 Å². The number of nitrogens with zero attached hydrogens (tertiary/aromatic N) is 1. The third-order valence-corrected chi connectivity index (χ3v) is 4.95. The minimum Gasteiger partial charge on any atom is -0.506 e. The summed E-state index contributed by atoms with van der Waals surface area (Å²) in [5.41, 5.74) is 1.28. The molecule has 5 heteroatoms. The second kappa shape index (κ2) is 5.54. The van der Waals surface area contributed by atoms with Crippen LogP contribution in [0.3, 0.4) is 0 Å². The molecule has 0 aliphatic carbocycles. The van der Waals surface area contributed by atoms with Gasteiger partial charge in [-0.15, -0.1) is 0 Å². The zero-order chi connectivity index (χ0) is 14.8. The van der Waals surface area contributed by atoms with E-state index in [-0.39, 0.29) is 22.9 Å². The number of phenolic OH excluding ortho intramolecular Hbond substituents is 1. The fourth-order valence-electron chi connectivity index (χ4n) is 1.98. The van der Waals surface area contributed by atoms with Gasteiger partial charge in [0.05, 0.1) is 10.6 Å². The minimum atomic E-state index is -3.67. The lowest BCUT2D eigenvalue weighted by Gasteiger charge is -2.23. The second-order valence-corrected chi connectivity index (χ2v) is 6.33. The maximum atomic E-state index is 12.6. The van der Waals surface area contributed by atoms with Crippen LogP contribution in [0.5, 0.6) is 5.75 Å². The van der Waals surface area contributed by atoms with Gasteiger partial charge < -0.3 is 5.11 Å². The van der Waals surface area contributed by atoms with Gasteiger partial charge in [-0.1, -0.05) is 29.8 Å². The molecule has 0 amide bonds. The number of sulfonamides is 1. The molecule has 1 N–H and O–H groups in total. The summed E-state index contributed by atoms with van der Waals surface area (Å²) in [5.74, 6) is -0.0509. The van der Waals surface area contributed by atoms with Crippen molar-refractivity contribution < 1.29 is 13.5 Å². The quantitative estimate of drug-likeness (QED) is 0.942.